The normalized spacial score (nSPS) is 18.0. The summed E-state index contributed by atoms with van der Waals surface area (Å²) in [6, 6.07) is 14.7. The van der Waals surface area contributed by atoms with E-state index in [1.807, 2.05) is 0 Å². The quantitative estimate of drug-likeness (QED) is 0.665. The van der Waals surface area contributed by atoms with Crippen LogP contribution in [0.1, 0.15) is 19.3 Å². The van der Waals surface area contributed by atoms with E-state index in [1.54, 1.807) is 7.11 Å². The van der Waals surface area contributed by atoms with Gasteiger partial charge in [0, 0.05) is 38.1 Å². The highest BCUT2D eigenvalue weighted by molar-refractivity contribution is 5.88. The Morgan fingerprint density at radius 1 is 0.893 bits per heavy atom. The molecular weight excluding hydrogens is 348 g/mol. The van der Waals surface area contributed by atoms with Crippen LogP contribution in [-0.4, -0.2) is 56.2 Å². The van der Waals surface area contributed by atoms with Crippen molar-refractivity contribution in [3.63, 3.8) is 0 Å². The summed E-state index contributed by atoms with van der Waals surface area (Å²) in [6.07, 6.45) is 7.80. The van der Waals surface area contributed by atoms with Crippen LogP contribution in [0.3, 0.4) is 0 Å². The number of fused-ring (bicyclic) bond motifs is 1. The standard InChI is InChI=1S/C24H30N2O2/c1-27-24-12-5-4-11-22(24)26-17-15-25(16-18-26)14-7-19-28-23-13-6-9-20-8-2-3-10-21(20)23/h2-3,6,8-13H,4-5,7,14-19H2,1H3. The van der Waals surface area contributed by atoms with E-state index in [2.05, 4.69) is 64.4 Å². The van der Waals surface area contributed by atoms with Crippen LogP contribution in [0.2, 0.25) is 0 Å². The number of methoxy groups -OCH3 is 1. The van der Waals surface area contributed by atoms with Crippen LogP contribution < -0.4 is 4.74 Å². The van der Waals surface area contributed by atoms with Crippen LogP contribution in [-0.2, 0) is 4.74 Å². The van der Waals surface area contributed by atoms with Gasteiger partial charge in [-0.2, -0.15) is 0 Å². The second-order valence-electron chi connectivity index (χ2n) is 7.45. The van der Waals surface area contributed by atoms with E-state index in [9.17, 15) is 0 Å². The molecule has 1 aliphatic carbocycles. The molecule has 0 aromatic heterocycles. The van der Waals surface area contributed by atoms with Gasteiger partial charge in [0.15, 0.2) is 0 Å². The van der Waals surface area contributed by atoms with Gasteiger partial charge in [0.05, 0.1) is 19.4 Å². The molecule has 148 valence electrons. The van der Waals surface area contributed by atoms with Gasteiger partial charge in [0.2, 0.25) is 0 Å². The first-order valence-corrected chi connectivity index (χ1v) is 10.4. The SMILES string of the molecule is COC1=CCCC=C1N1CCN(CCCOc2cccc3ccccc23)CC1. The van der Waals surface area contributed by atoms with Crippen LogP contribution in [0, 0.1) is 0 Å². The molecule has 0 spiro atoms. The molecule has 0 unspecified atom stereocenters. The highest BCUT2D eigenvalue weighted by Crippen LogP contribution is 2.26. The zero-order valence-corrected chi connectivity index (χ0v) is 16.8. The Morgan fingerprint density at radius 2 is 1.68 bits per heavy atom. The van der Waals surface area contributed by atoms with E-state index in [0.29, 0.717) is 0 Å². The Hall–Kier alpha value is -2.46. The average molecular weight is 379 g/mol. The van der Waals surface area contributed by atoms with Crippen LogP contribution in [0.25, 0.3) is 10.8 Å². The number of allylic oxidation sites excluding steroid dienone is 2. The second-order valence-corrected chi connectivity index (χ2v) is 7.45. The zero-order chi connectivity index (χ0) is 19.2. The van der Waals surface area contributed by atoms with Crippen molar-refractivity contribution in [1.82, 2.24) is 9.80 Å². The molecule has 1 fully saturated rings. The predicted octanol–water partition coefficient (Wildman–Crippen LogP) is 4.43. The Bertz CT molecular complexity index is 845. The van der Waals surface area contributed by atoms with Crippen molar-refractivity contribution in [2.75, 3.05) is 46.4 Å². The summed E-state index contributed by atoms with van der Waals surface area (Å²) in [4.78, 5) is 5.01. The maximum atomic E-state index is 6.09. The van der Waals surface area contributed by atoms with Gasteiger partial charge >= 0.3 is 0 Å². The maximum absolute atomic E-state index is 6.09. The highest BCUT2D eigenvalue weighted by atomic mass is 16.5. The molecule has 0 N–H and O–H groups in total. The van der Waals surface area contributed by atoms with E-state index >= 15 is 0 Å². The summed E-state index contributed by atoms with van der Waals surface area (Å²) >= 11 is 0. The average Bonchev–Trinajstić information content (AvgIpc) is 2.77. The lowest BCUT2D eigenvalue weighted by Gasteiger charge is -2.38. The third-order valence-corrected chi connectivity index (χ3v) is 5.65. The van der Waals surface area contributed by atoms with Crippen molar-refractivity contribution in [2.45, 2.75) is 19.3 Å². The predicted molar refractivity (Wildman–Crippen MR) is 114 cm³/mol. The first-order valence-electron chi connectivity index (χ1n) is 10.4. The van der Waals surface area contributed by atoms with Crippen LogP contribution in [0.4, 0.5) is 0 Å². The molecule has 0 radical (unpaired) electrons. The van der Waals surface area contributed by atoms with Gasteiger partial charge in [-0.05, 0) is 36.8 Å². The third-order valence-electron chi connectivity index (χ3n) is 5.65. The minimum Gasteiger partial charge on any atom is -0.495 e. The molecule has 4 heteroatoms. The molecule has 28 heavy (non-hydrogen) atoms. The Kier molecular flexibility index (Phi) is 6.17. The number of rotatable bonds is 7. The third kappa shape index (κ3) is 4.33. The first kappa shape index (κ1) is 18.9. The van der Waals surface area contributed by atoms with Gasteiger partial charge < -0.3 is 14.4 Å². The van der Waals surface area contributed by atoms with Crippen molar-refractivity contribution in [3.05, 3.63) is 66.1 Å². The van der Waals surface area contributed by atoms with Crippen molar-refractivity contribution in [3.8, 4) is 5.75 Å². The maximum Gasteiger partial charge on any atom is 0.137 e. The van der Waals surface area contributed by atoms with E-state index < -0.39 is 0 Å². The summed E-state index contributed by atoms with van der Waals surface area (Å²) in [5.41, 5.74) is 1.28. The van der Waals surface area contributed by atoms with E-state index in [-0.39, 0.29) is 0 Å². The van der Waals surface area contributed by atoms with E-state index in [1.165, 1.54) is 16.5 Å². The molecule has 0 amide bonds. The minimum absolute atomic E-state index is 0.760. The molecule has 2 aromatic carbocycles. The summed E-state index contributed by atoms with van der Waals surface area (Å²) < 4.78 is 11.6. The number of ether oxygens (including phenoxy) is 2. The lowest BCUT2D eigenvalue weighted by molar-refractivity contribution is 0.141. The van der Waals surface area contributed by atoms with E-state index in [0.717, 1.165) is 70.1 Å². The topological polar surface area (TPSA) is 24.9 Å². The smallest absolute Gasteiger partial charge is 0.137 e. The Labute approximate surface area is 168 Å². The molecule has 0 saturated carbocycles. The number of nitrogens with zero attached hydrogens (tertiary/aromatic N) is 2. The Morgan fingerprint density at radius 3 is 2.54 bits per heavy atom. The largest absolute Gasteiger partial charge is 0.495 e. The second kappa shape index (κ2) is 9.16. The lowest BCUT2D eigenvalue weighted by atomic mass is 10.1. The fraction of sp³-hybridized carbons (Fsp3) is 0.417. The molecule has 1 saturated heterocycles. The van der Waals surface area contributed by atoms with Crippen LogP contribution in [0.5, 0.6) is 5.75 Å². The van der Waals surface area contributed by atoms with Gasteiger partial charge in [0.1, 0.15) is 11.5 Å². The van der Waals surface area contributed by atoms with E-state index in [4.69, 9.17) is 9.47 Å². The number of hydrogen-bond acceptors (Lipinski definition) is 4. The molecule has 1 aliphatic heterocycles. The van der Waals surface area contributed by atoms with Gasteiger partial charge in [-0.15, -0.1) is 0 Å². The van der Waals surface area contributed by atoms with Gasteiger partial charge in [-0.25, -0.2) is 0 Å². The van der Waals surface area contributed by atoms with Gasteiger partial charge in [-0.3, -0.25) is 4.90 Å². The molecule has 2 aromatic rings. The van der Waals surface area contributed by atoms with Crippen molar-refractivity contribution in [2.24, 2.45) is 0 Å². The van der Waals surface area contributed by atoms with Gasteiger partial charge in [-0.1, -0.05) is 42.5 Å². The molecule has 0 bridgehead atoms. The van der Waals surface area contributed by atoms with Crippen molar-refractivity contribution < 1.29 is 9.47 Å². The highest BCUT2D eigenvalue weighted by Gasteiger charge is 2.22. The minimum atomic E-state index is 0.760. The number of piperazine rings is 1. The number of benzene rings is 2. The lowest BCUT2D eigenvalue weighted by Crippen LogP contribution is -2.46. The van der Waals surface area contributed by atoms with Gasteiger partial charge in [0.25, 0.3) is 0 Å². The Balaban J connectivity index is 1.22. The van der Waals surface area contributed by atoms with Crippen molar-refractivity contribution >= 4 is 10.8 Å². The van der Waals surface area contributed by atoms with Crippen LogP contribution in [0.15, 0.2) is 66.1 Å². The molecule has 2 aliphatic rings. The summed E-state index contributed by atoms with van der Waals surface area (Å²) in [5.74, 6) is 2.04. The monoisotopic (exact) mass is 378 g/mol. The summed E-state index contributed by atoms with van der Waals surface area (Å²) in [5, 5.41) is 2.43. The number of hydrogen-bond donors (Lipinski definition) is 0. The molecular formula is C24H30N2O2. The zero-order valence-electron chi connectivity index (χ0n) is 16.8. The van der Waals surface area contributed by atoms with Crippen LogP contribution >= 0.6 is 0 Å². The summed E-state index contributed by atoms with van der Waals surface area (Å²) in [7, 11) is 1.77. The molecule has 1 heterocycles. The molecule has 4 rings (SSSR count). The van der Waals surface area contributed by atoms with Crippen molar-refractivity contribution in [1.29, 1.82) is 0 Å². The first-order chi connectivity index (χ1) is 13.8. The molecule has 0 atom stereocenters. The fourth-order valence-corrected chi connectivity index (χ4v) is 4.12. The molecule has 4 nitrogen and oxygen atoms in total. The summed E-state index contributed by atoms with van der Waals surface area (Å²) in [6.45, 7) is 6.18. The fourth-order valence-electron chi connectivity index (χ4n) is 4.12.